The molecule has 3 rings (SSSR count). The highest BCUT2D eigenvalue weighted by Gasteiger charge is 2.33. The molecular weight excluding hydrogens is 268 g/mol. The Morgan fingerprint density at radius 1 is 1.15 bits per heavy atom. The summed E-state index contributed by atoms with van der Waals surface area (Å²) in [6, 6.07) is 7.31. The number of hydrogen-bond acceptors (Lipinski definition) is 2. The number of fused-ring (bicyclic) bond motifs is 1. The molecule has 110 valence electrons. The second-order valence-electron chi connectivity index (χ2n) is 6.26. The lowest BCUT2D eigenvalue weighted by Crippen LogP contribution is -2.46. The van der Waals surface area contributed by atoms with E-state index >= 15 is 0 Å². The minimum absolute atomic E-state index is 0.660. The van der Waals surface area contributed by atoms with Crippen molar-refractivity contribution in [1.82, 2.24) is 0 Å². The zero-order valence-corrected chi connectivity index (χ0v) is 12.9. The fourth-order valence-corrected chi connectivity index (χ4v) is 4.29. The lowest BCUT2D eigenvalue weighted by Gasteiger charge is -2.45. The van der Waals surface area contributed by atoms with E-state index in [-0.39, 0.29) is 0 Å². The molecule has 1 heterocycles. The number of rotatable bonds is 3. The van der Waals surface area contributed by atoms with Gasteiger partial charge in [-0.05, 0) is 62.3 Å². The van der Waals surface area contributed by atoms with Gasteiger partial charge in [0.15, 0.2) is 0 Å². The molecule has 1 aliphatic heterocycles. The summed E-state index contributed by atoms with van der Waals surface area (Å²) in [7, 11) is 0. The number of benzene rings is 1. The van der Waals surface area contributed by atoms with Gasteiger partial charge >= 0.3 is 0 Å². The Bertz CT molecular complexity index is 458. The van der Waals surface area contributed by atoms with Crippen LogP contribution in [0, 0.1) is 5.92 Å². The zero-order valence-electron chi connectivity index (χ0n) is 12.2. The summed E-state index contributed by atoms with van der Waals surface area (Å²) >= 11 is 6.42. The number of nitrogens with zero attached hydrogens (tertiary/aromatic N) is 1. The Labute approximate surface area is 127 Å². The largest absolute Gasteiger partial charge is 0.368 e. The molecule has 20 heavy (non-hydrogen) atoms. The Balaban J connectivity index is 1.82. The van der Waals surface area contributed by atoms with E-state index in [2.05, 4.69) is 23.1 Å². The van der Waals surface area contributed by atoms with E-state index in [9.17, 15) is 0 Å². The third-order valence-electron chi connectivity index (χ3n) is 5.03. The van der Waals surface area contributed by atoms with Crippen molar-refractivity contribution < 1.29 is 0 Å². The van der Waals surface area contributed by atoms with Crippen LogP contribution in [-0.4, -0.2) is 19.1 Å². The second kappa shape index (κ2) is 6.36. The van der Waals surface area contributed by atoms with E-state index in [1.807, 2.05) is 0 Å². The van der Waals surface area contributed by atoms with Gasteiger partial charge in [-0.15, -0.1) is 0 Å². The van der Waals surface area contributed by atoms with Gasteiger partial charge < -0.3 is 10.6 Å². The molecule has 2 N–H and O–H groups in total. The molecule has 0 radical (unpaired) electrons. The lowest BCUT2D eigenvalue weighted by atomic mass is 9.78. The van der Waals surface area contributed by atoms with Gasteiger partial charge in [0, 0.05) is 23.3 Å². The monoisotopic (exact) mass is 292 g/mol. The van der Waals surface area contributed by atoms with Crippen molar-refractivity contribution in [3.05, 3.63) is 28.8 Å². The molecule has 2 aliphatic rings. The van der Waals surface area contributed by atoms with E-state index in [0.717, 1.165) is 23.4 Å². The number of piperidine rings is 1. The van der Waals surface area contributed by atoms with Crippen LogP contribution in [-0.2, 0) is 6.42 Å². The number of nitrogens with two attached hydrogens (primary N) is 1. The molecule has 1 aromatic rings. The van der Waals surface area contributed by atoms with E-state index in [4.69, 9.17) is 17.3 Å². The number of hydrogen-bond donors (Lipinski definition) is 1. The Hall–Kier alpha value is -0.730. The highest BCUT2D eigenvalue weighted by Crippen LogP contribution is 2.38. The maximum absolute atomic E-state index is 6.42. The van der Waals surface area contributed by atoms with E-state index in [1.165, 1.54) is 56.3 Å². The van der Waals surface area contributed by atoms with Crippen molar-refractivity contribution in [1.29, 1.82) is 0 Å². The van der Waals surface area contributed by atoms with Gasteiger partial charge in [0.2, 0.25) is 0 Å². The van der Waals surface area contributed by atoms with Crippen molar-refractivity contribution in [2.24, 2.45) is 11.7 Å². The smallest absolute Gasteiger partial charge is 0.0459 e. The maximum atomic E-state index is 6.42. The molecule has 0 spiro atoms. The lowest BCUT2D eigenvalue weighted by molar-refractivity contribution is 0.244. The predicted molar refractivity (Wildman–Crippen MR) is 86.5 cm³/mol. The van der Waals surface area contributed by atoms with Gasteiger partial charge in [0.1, 0.15) is 0 Å². The highest BCUT2D eigenvalue weighted by atomic mass is 35.5. The average Bonchev–Trinajstić information content (AvgIpc) is 2.49. The Morgan fingerprint density at radius 2 is 1.95 bits per heavy atom. The first-order valence-corrected chi connectivity index (χ1v) is 8.42. The molecule has 1 saturated heterocycles. The fraction of sp³-hybridized carbons (Fsp3) is 0.647. The van der Waals surface area contributed by atoms with Crippen LogP contribution in [0.1, 0.15) is 44.1 Å². The minimum Gasteiger partial charge on any atom is -0.368 e. The molecule has 0 unspecified atom stereocenters. The van der Waals surface area contributed by atoms with Crippen LogP contribution in [0.3, 0.4) is 0 Å². The van der Waals surface area contributed by atoms with Crippen LogP contribution in [0.5, 0.6) is 0 Å². The van der Waals surface area contributed by atoms with E-state index < -0.39 is 0 Å². The third-order valence-corrected chi connectivity index (χ3v) is 5.38. The van der Waals surface area contributed by atoms with Crippen molar-refractivity contribution in [3.63, 3.8) is 0 Å². The molecule has 1 saturated carbocycles. The van der Waals surface area contributed by atoms with Gasteiger partial charge in [-0.1, -0.05) is 30.5 Å². The summed E-state index contributed by atoms with van der Waals surface area (Å²) in [6.45, 7) is 1.85. The summed E-state index contributed by atoms with van der Waals surface area (Å²) in [5.74, 6) is 0.903. The standard InChI is InChI=1S/C17H25ClN2/c18-16-12-15(8-7-13(16)9-10-19)20-11-3-5-14-4-1-2-6-17(14)20/h7-8,12,14,17H,1-6,9-11,19H2/t14-,17-/m1/s1. The normalized spacial score (nSPS) is 26.4. The molecule has 2 atom stereocenters. The molecular formula is C17H25ClN2. The SMILES string of the molecule is NCCc1ccc(N2CCC[C@H]3CCCC[C@H]32)cc1Cl. The number of anilines is 1. The molecule has 3 heteroatoms. The van der Waals surface area contributed by atoms with Crippen LogP contribution in [0.4, 0.5) is 5.69 Å². The third kappa shape index (κ3) is 2.82. The predicted octanol–water partition coefficient (Wildman–Crippen LogP) is 4.00. The second-order valence-corrected chi connectivity index (χ2v) is 6.67. The highest BCUT2D eigenvalue weighted by molar-refractivity contribution is 6.31. The molecule has 2 fully saturated rings. The first-order valence-electron chi connectivity index (χ1n) is 8.04. The zero-order chi connectivity index (χ0) is 13.9. The minimum atomic E-state index is 0.660. The fourth-order valence-electron chi connectivity index (χ4n) is 4.02. The molecule has 0 bridgehead atoms. The molecule has 0 amide bonds. The molecule has 1 aromatic carbocycles. The maximum Gasteiger partial charge on any atom is 0.0459 e. The summed E-state index contributed by atoms with van der Waals surface area (Å²) in [5, 5.41) is 0.880. The van der Waals surface area contributed by atoms with Crippen molar-refractivity contribution in [2.45, 2.75) is 51.0 Å². The summed E-state index contributed by atoms with van der Waals surface area (Å²) in [4.78, 5) is 2.62. The molecule has 0 aromatic heterocycles. The summed E-state index contributed by atoms with van der Waals surface area (Å²) in [6.07, 6.45) is 9.18. The molecule has 1 aliphatic carbocycles. The van der Waals surface area contributed by atoms with E-state index in [1.54, 1.807) is 0 Å². The van der Waals surface area contributed by atoms with Crippen molar-refractivity contribution in [2.75, 3.05) is 18.0 Å². The van der Waals surface area contributed by atoms with Crippen LogP contribution < -0.4 is 10.6 Å². The van der Waals surface area contributed by atoms with Crippen LogP contribution >= 0.6 is 11.6 Å². The van der Waals surface area contributed by atoms with Gasteiger partial charge in [-0.3, -0.25) is 0 Å². The van der Waals surface area contributed by atoms with Crippen LogP contribution in [0.25, 0.3) is 0 Å². The average molecular weight is 293 g/mol. The number of halogens is 1. The first kappa shape index (κ1) is 14.2. The summed E-state index contributed by atoms with van der Waals surface area (Å²) in [5.41, 5.74) is 8.12. The summed E-state index contributed by atoms with van der Waals surface area (Å²) < 4.78 is 0. The van der Waals surface area contributed by atoms with Crippen LogP contribution in [0.15, 0.2) is 18.2 Å². The molecule has 2 nitrogen and oxygen atoms in total. The first-order chi connectivity index (χ1) is 9.79. The van der Waals surface area contributed by atoms with Crippen molar-refractivity contribution >= 4 is 17.3 Å². The van der Waals surface area contributed by atoms with Crippen LogP contribution in [0.2, 0.25) is 5.02 Å². The van der Waals surface area contributed by atoms with Crippen molar-refractivity contribution in [3.8, 4) is 0 Å². The Kier molecular flexibility index (Phi) is 4.52. The van der Waals surface area contributed by atoms with Gasteiger partial charge in [0.25, 0.3) is 0 Å². The van der Waals surface area contributed by atoms with Gasteiger partial charge in [-0.2, -0.15) is 0 Å². The van der Waals surface area contributed by atoms with Gasteiger partial charge in [0.05, 0.1) is 0 Å². The van der Waals surface area contributed by atoms with Gasteiger partial charge in [-0.25, -0.2) is 0 Å². The Morgan fingerprint density at radius 3 is 2.75 bits per heavy atom. The van der Waals surface area contributed by atoms with E-state index in [0.29, 0.717) is 6.54 Å². The topological polar surface area (TPSA) is 29.3 Å². The quantitative estimate of drug-likeness (QED) is 0.912.